The van der Waals surface area contributed by atoms with Gasteiger partial charge >= 0.3 is 5.97 Å². The van der Waals surface area contributed by atoms with E-state index in [-0.39, 0.29) is 11.7 Å². The molecule has 0 heterocycles. The van der Waals surface area contributed by atoms with E-state index in [1.807, 2.05) is 24.3 Å². The van der Waals surface area contributed by atoms with Crippen molar-refractivity contribution in [2.45, 2.75) is 11.8 Å². The second-order valence-corrected chi connectivity index (χ2v) is 5.53. The second kappa shape index (κ2) is 6.12. The van der Waals surface area contributed by atoms with Crippen molar-refractivity contribution in [3.63, 3.8) is 0 Å². The minimum Gasteiger partial charge on any atom is -0.508 e. The Bertz CT molecular complexity index is 596. The van der Waals surface area contributed by atoms with Crippen molar-refractivity contribution in [3.8, 4) is 16.9 Å². The van der Waals surface area contributed by atoms with Crippen LogP contribution in [0.2, 0.25) is 0 Å². The Balaban J connectivity index is 2.39. The number of aromatic hydroxyl groups is 1. The van der Waals surface area contributed by atoms with Gasteiger partial charge in [0.05, 0.1) is 16.9 Å². The summed E-state index contributed by atoms with van der Waals surface area (Å²) in [7, 11) is 0. The zero-order valence-electron chi connectivity index (χ0n) is 10.1. The van der Waals surface area contributed by atoms with Crippen LogP contribution in [0.25, 0.3) is 11.1 Å². The first-order chi connectivity index (χ1) is 9.06. The van der Waals surface area contributed by atoms with E-state index in [1.54, 1.807) is 18.2 Å². The lowest BCUT2D eigenvalue weighted by atomic mass is 10.1. The molecule has 0 aliphatic heterocycles. The summed E-state index contributed by atoms with van der Waals surface area (Å²) in [5.74, 6) is -0.190. The summed E-state index contributed by atoms with van der Waals surface area (Å²) in [5.41, 5.74) is 1.76. The fourth-order valence-corrected chi connectivity index (χ4v) is 2.41. The predicted molar refractivity (Wildman–Crippen MR) is 78.9 cm³/mol. The van der Waals surface area contributed by atoms with E-state index in [2.05, 4.69) is 15.9 Å². The topological polar surface area (TPSA) is 46.5 Å². The maximum atomic E-state index is 10.9. The maximum Gasteiger partial charge on any atom is 0.315 e. The SMILES string of the molecule is CC(=O)OSc1ccc(O)cc1-c1ccc(Br)cc1. The van der Waals surface area contributed by atoms with Gasteiger partial charge in [0.25, 0.3) is 0 Å². The molecule has 5 heteroatoms. The molecule has 0 saturated carbocycles. The van der Waals surface area contributed by atoms with Gasteiger partial charge in [-0.2, -0.15) is 0 Å². The molecule has 0 aliphatic carbocycles. The number of phenolic OH excluding ortho intramolecular Hbond substituents is 1. The molecule has 98 valence electrons. The van der Waals surface area contributed by atoms with E-state index in [9.17, 15) is 9.90 Å². The summed E-state index contributed by atoms with van der Waals surface area (Å²) in [6.45, 7) is 1.35. The third-order valence-corrected chi connectivity index (χ3v) is 3.75. The molecule has 0 atom stereocenters. The summed E-state index contributed by atoms with van der Waals surface area (Å²) in [6.07, 6.45) is 0. The highest BCUT2D eigenvalue weighted by Crippen LogP contribution is 2.35. The number of rotatable bonds is 3. The van der Waals surface area contributed by atoms with Crippen molar-refractivity contribution >= 4 is 33.9 Å². The minimum atomic E-state index is -0.361. The fraction of sp³-hybridized carbons (Fsp3) is 0.0714. The van der Waals surface area contributed by atoms with Crippen LogP contribution in [0.4, 0.5) is 0 Å². The number of benzene rings is 2. The highest BCUT2D eigenvalue weighted by Gasteiger charge is 2.09. The van der Waals surface area contributed by atoms with Crippen LogP contribution in [-0.2, 0) is 8.98 Å². The van der Waals surface area contributed by atoms with Gasteiger partial charge in [0, 0.05) is 17.0 Å². The molecule has 2 rings (SSSR count). The van der Waals surface area contributed by atoms with Gasteiger partial charge in [0.2, 0.25) is 0 Å². The predicted octanol–water partition coefficient (Wildman–Crippen LogP) is 4.39. The van der Waals surface area contributed by atoms with Crippen LogP contribution in [-0.4, -0.2) is 11.1 Å². The van der Waals surface area contributed by atoms with Gasteiger partial charge in [-0.3, -0.25) is 4.79 Å². The Morgan fingerprint density at radius 2 is 1.89 bits per heavy atom. The van der Waals surface area contributed by atoms with Gasteiger partial charge in [-0.15, -0.1) is 0 Å². The van der Waals surface area contributed by atoms with Crippen LogP contribution in [0.5, 0.6) is 5.75 Å². The van der Waals surface area contributed by atoms with Gasteiger partial charge in [-0.25, -0.2) is 0 Å². The van der Waals surface area contributed by atoms with E-state index >= 15 is 0 Å². The normalized spacial score (nSPS) is 10.2. The van der Waals surface area contributed by atoms with Gasteiger partial charge in [-0.1, -0.05) is 28.1 Å². The molecule has 0 unspecified atom stereocenters. The number of phenols is 1. The zero-order chi connectivity index (χ0) is 13.8. The Morgan fingerprint density at radius 1 is 1.21 bits per heavy atom. The molecule has 1 N–H and O–H groups in total. The monoisotopic (exact) mass is 338 g/mol. The summed E-state index contributed by atoms with van der Waals surface area (Å²) < 4.78 is 5.92. The number of carbonyl (C=O) groups is 1. The number of carbonyl (C=O) groups excluding carboxylic acids is 1. The van der Waals surface area contributed by atoms with Crippen molar-refractivity contribution < 1.29 is 14.1 Å². The molecule has 0 spiro atoms. The van der Waals surface area contributed by atoms with Crippen molar-refractivity contribution in [2.24, 2.45) is 0 Å². The summed E-state index contributed by atoms with van der Waals surface area (Å²) >= 11 is 4.37. The Hall–Kier alpha value is -1.46. The number of hydrogen-bond acceptors (Lipinski definition) is 4. The third-order valence-electron chi connectivity index (χ3n) is 2.37. The van der Waals surface area contributed by atoms with Gasteiger partial charge in [0.1, 0.15) is 5.75 Å². The summed E-state index contributed by atoms with van der Waals surface area (Å²) in [6, 6.07) is 12.6. The molecule has 0 fully saturated rings. The molecule has 0 radical (unpaired) electrons. The van der Waals surface area contributed by atoms with Gasteiger partial charge < -0.3 is 9.29 Å². The number of hydrogen-bond donors (Lipinski definition) is 1. The molecule has 3 nitrogen and oxygen atoms in total. The van der Waals surface area contributed by atoms with Crippen LogP contribution < -0.4 is 0 Å². The van der Waals surface area contributed by atoms with E-state index in [0.717, 1.165) is 32.5 Å². The van der Waals surface area contributed by atoms with E-state index in [1.165, 1.54) is 6.92 Å². The number of halogens is 1. The molecule has 2 aromatic carbocycles. The molecule has 0 aromatic heterocycles. The van der Waals surface area contributed by atoms with Crippen molar-refractivity contribution in [2.75, 3.05) is 0 Å². The molecule has 0 aliphatic rings. The largest absolute Gasteiger partial charge is 0.508 e. The Morgan fingerprint density at radius 3 is 2.53 bits per heavy atom. The van der Waals surface area contributed by atoms with E-state index in [0.29, 0.717) is 0 Å². The first kappa shape index (κ1) is 14.0. The lowest BCUT2D eigenvalue weighted by Crippen LogP contribution is -1.90. The molecule has 19 heavy (non-hydrogen) atoms. The molecule has 0 bridgehead atoms. The van der Waals surface area contributed by atoms with Crippen LogP contribution in [0.1, 0.15) is 6.92 Å². The van der Waals surface area contributed by atoms with E-state index < -0.39 is 0 Å². The molecule has 2 aromatic rings. The highest BCUT2D eigenvalue weighted by molar-refractivity contribution is 9.10. The molecular weight excluding hydrogens is 328 g/mol. The average molecular weight is 339 g/mol. The average Bonchev–Trinajstić information content (AvgIpc) is 2.38. The minimum absolute atomic E-state index is 0.171. The van der Waals surface area contributed by atoms with Crippen LogP contribution in [0, 0.1) is 0 Å². The van der Waals surface area contributed by atoms with Crippen molar-refractivity contribution in [1.29, 1.82) is 0 Å². The zero-order valence-corrected chi connectivity index (χ0v) is 12.5. The quantitative estimate of drug-likeness (QED) is 0.843. The summed E-state index contributed by atoms with van der Waals surface area (Å²) in [4.78, 5) is 11.7. The Labute approximate surface area is 123 Å². The van der Waals surface area contributed by atoms with Crippen molar-refractivity contribution in [3.05, 3.63) is 46.9 Å². The van der Waals surface area contributed by atoms with Crippen LogP contribution in [0.15, 0.2) is 51.8 Å². The highest BCUT2D eigenvalue weighted by atomic mass is 79.9. The molecular formula is C14H11BrO3S. The molecule has 0 saturated heterocycles. The van der Waals surface area contributed by atoms with Gasteiger partial charge in [0.15, 0.2) is 0 Å². The van der Waals surface area contributed by atoms with Crippen LogP contribution >= 0.6 is 28.0 Å². The lowest BCUT2D eigenvalue weighted by Gasteiger charge is -2.09. The fourth-order valence-electron chi connectivity index (χ4n) is 1.55. The lowest BCUT2D eigenvalue weighted by molar-refractivity contribution is -0.130. The smallest absolute Gasteiger partial charge is 0.315 e. The van der Waals surface area contributed by atoms with Crippen LogP contribution in [0.3, 0.4) is 0 Å². The van der Waals surface area contributed by atoms with E-state index in [4.69, 9.17) is 4.18 Å². The Kier molecular flexibility index (Phi) is 4.50. The first-order valence-corrected chi connectivity index (χ1v) is 7.04. The van der Waals surface area contributed by atoms with Crippen molar-refractivity contribution in [1.82, 2.24) is 0 Å². The third kappa shape index (κ3) is 3.75. The first-order valence-electron chi connectivity index (χ1n) is 5.50. The maximum absolute atomic E-state index is 10.9. The van der Waals surface area contributed by atoms with Gasteiger partial charge in [-0.05, 0) is 35.9 Å². The second-order valence-electron chi connectivity index (χ2n) is 3.85. The molecule has 0 amide bonds. The standard InChI is InChI=1S/C14H11BrO3S/c1-9(16)18-19-14-7-6-12(17)8-13(14)10-2-4-11(15)5-3-10/h2-8,17H,1H3. The summed E-state index contributed by atoms with van der Waals surface area (Å²) in [5, 5.41) is 9.60.